The molecule has 0 aromatic heterocycles. The van der Waals surface area contributed by atoms with Crippen LogP contribution in [-0.4, -0.2) is 29.6 Å². The lowest BCUT2D eigenvalue weighted by Crippen LogP contribution is -2.30. The number of aryl methyl sites for hydroxylation is 1. The molecule has 1 N–H and O–H groups in total. The lowest BCUT2D eigenvalue weighted by Gasteiger charge is -2.18. The Balaban J connectivity index is 1.65. The van der Waals surface area contributed by atoms with Gasteiger partial charge < -0.3 is 10.1 Å². The summed E-state index contributed by atoms with van der Waals surface area (Å²) in [5.74, 6) is -1.20. The molecule has 8 heteroatoms. The molecule has 1 saturated heterocycles. The highest BCUT2D eigenvalue weighted by atomic mass is 32.2. The maximum Gasteiger partial charge on any atom is 0.338 e. The van der Waals surface area contributed by atoms with Crippen LogP contribution in [0.2, 0.25) is 0 Å². The molecule has 4 rings (SSSR count). The van der Waals surface area contributed by atoms with Crippen molar-refractivity contribution in [3.8, 4) is 6.07 Å². The number of thioether (sulfide) groups is 1. The van der Waals surface area contributed by atoms with Gasteiger partial charge in [-0.2, -0.15) is 5.26 Å². The van der Waals surface area contributed by atoms with E-state index in [0.29, 0.717) is 23.4 Å². The van der Waals surface area contributed by atoms with E-state index in [4.69, 9.17) is 4.74 Å². The number of benzene rings is 3. The predicted octanol–water partition coefficient (Wildman–Crippen LogP) is 5.24. The SMILES string of the molecule is CCOC(=O)c1ccc(C[C@H]2S/C(=C(/C#N)C(=O)Nc3ccccc3C)N(c3ccccc3)C2=O)cc1. The smallest absolute Gasteiger partial charge is 0.338 e. The molecule has 0 bridgehead atoms. The number of rotatable bonds is 7. The summed E-state index contributed by atoms with van der Waals surface area (Å²) < 4.78 is 5.03. The Morgan fingerprint density at radius 2 is 1.70 bits per heavy atom. The van der Waals surface area contributed by atoms with Gasteiger partial charge in [-0.15, -0.1) is 0 Å². The maximum atomic E-state index is 13.6. The summed E-state index contributed by atoms with van der Waals surface area (Å²) >= 11 is 1.19. The largest absolute Gasteiger partial charge is 0.462 e. The number of anilines is 2. The topological polar surface area (TPSA) is 99.5 Å². The van der Waals surface area contributed by atoms with E-state index in [-0.39, 0.29) is 23.1 Å². The van der Waals surface area contributed by atoms with Gasteiger partial charge in [0, 0.05) is 11.4 Å². The van der Waals surface area contributed by atoms with Gasteiger partial charge in [0.2, 0.25) is 5.91 Å². The quantitative estimate of drug-likeness (QED) is 0.265. The van der Waals surface area contributed by atoms with Crippen molar-refractivity contribution in [2.45, 2.75) is 25.5 Å². The highest BCUT2D eigenvalue weighted by Gasteiger charge is 2.40. The fourth-order valence-corrected chi connectivity index (χ4v) is 5.21. The molecule has 3 aromatic rings. The molecule has 0 saturated carbocycles. The first kappa shape index (κ1) is 25.7. The van der Waals surface area contributed by atoms with Crippen molar-refractivity contribution in [2.24, 2.45) is 0 Å². The number of carbonyl (C=O) groups is 3. The van der Waals surface area contributed by atoms with Gasteiger partial charge in [0.1, 0.15) is 16.7 Å². The van der Waals surface area contributed by atoms with Gasteiger partial charge in [-0.1, -0.05) is 60.3 Å². The summed E-state index contributed by atoms with van der Waals surface area (Å²) in [6.07, 6.45) is 0.359. The second-order valence-corrected chi connectivity index (χ2v) is 9.49. The number of nitriles is 1. The molecule has 37 heavy (non-hydrogen) atoms. The van der Waals surface area contributed by atoms with Gasteiger partial charge in [-0.3, -0.25) is 14.5 Å². The van der Waals surface area contributed by atoms with Crippen molar-refractivity contribution in [1.29, 1.82) is 5.26 Å². The van der Waals surface area contributed by atoms with E-state index in [1.54, 1.807) is 67.6 Å². The third-order valence-corrected chi connectivity index (χ3v) is 7.06. The summed E-state index contributed by atoms with van der Waals surface area (Å²) in [7, 11) is 0. The Hall–Kier alpha value is -4.35. The van der Waals surface area contributed by atoms with Crippen molar-refractivity contribution in [2.75, 3.05) is 16.8 Å². The molecular formula is C29H25N3O4S. The van der Waals surface area contributed by atoms with E-state index in [1.807, 2.05) is 31.2 Å². The van der Waals surface area contributed by atoms with E-state index < -0.39 is 17.1 Å². The van der Waals surface area contributed by atoms with E-state index in [9.17, 15) is 19.6 Å². The van der Waals surface area contributed by atoms with Crippen molar-refractivity contribution in [3.63, 3.8) is 0 Å². The zero-order valence-electron chi connectivity index (χ0n) is 20.4. The van der Waals surface area contributed by atoms with Crippen LogP contribution in [0.15, 0.2) is 89.5 Å². The second kappa shape index (κ2) is 11.6. The molecule has 0 aliphatic carbocycles. The molecule has 0 spiro atoms. The first-order valence-electron chi connectivity index (χ1n) is 11.8. The van der Waals surface area contributed by atoms with Crippen molar-refractivity contribution in [3.05, 3.63) is 106 Å². The Bertz CT molecular complexity index is 1390. The highest BCUT2D eigenvalue weighted by Crippen LogP contribution is 2.42. The number of nitrogens with one attached hydrogen (secondary N) is 1. The summed E-state index contributed by atoms with van der Waals surface area (Å²) in [5, 5.41) is 12.5. The fraction of sp³-hybridized carbons (Fsp3) is 0.172. The normalized spacial score (nSPS) is 16.2. The minimum atomic E-state index is -0.576. The predicted molar refractivity (Wildman–Crippen MR) is 144 cm³/mol. The average molecular weight is 512 g/mol. The Morgan fingerprint density at radius 1 is 1.03 bits per heavy atom. The molecular weight excluding hydrogens is 486 g/mol. The summed E-state index contributed by atoms with van der Waals surface area (Å²) in [4.78, 5) is 40.2. The number of para-hydroxylation sites is 2. The number of esters is 1. The van der Waals surface area contributed by atoms with Crippen LogP contribution < -0.4 is 10.2 Å². The number of hydrogen-bond donors (Lipinski definition) is 1. The average Bonchev–Trinajstić information content (AvgIpc) is 3.22. The van der Waals surface area contributed by atoms with E-state index in [0.717, 1.165) is 11.1 Å². The third-order valence-electron chi connectivity index (χ3n) is 5.80. The second-order valence-electron chi connectivity index (χ2n) is 8.30. The van der Waals surface area contributed by atoms with Crippen LogP contribution in [-0.2, 0) is 20.7 Å². The Morgan fingerprint density at radius 3 is 2.35 bits per heavy atom. The lowest BCUT2D eigenvalue weighted by molar-refractivity contribution is -0.117. The minimum Gasteiger partial charge on any atom is -0.462 e. The van der Waals surface area contributed by atoms with E-state index >= 15 is 0 Å². The van der Waals surface area contributed by atoms with Gasteiger partial charge in [-0.05, 0) is 61.7 Å². The fourth-order valence-electron chi connectivity index (χ4n) is 3.90. The molecule has 1 heterocycles. The van der Waals surface area contributed by atoms with E-state index in [2.05, 4.69) is 5.32 Å². The van der Waals surface area contributed by atoms with Crippen LogP contribution in [0.3, 0.4) is 0 Å². The third kappa shape index (κ3) is 5.74. The van der Waals surface area contributed by atoms with Gasteiger partial charge in [0.25, 0.3) is 5.91 Å². The van der Waals surface area contributed by atoms with E-state index in [1.165, 1.54) is 16.7 Å². The van der Waals surface area contributed by atoms with Crippen LogP contribution in [0.25, 0.3) is 0 Å². The van der Waals surface area contributed by atoms with Crippen LogP contribution in [0, 0.1) is 18.3 Å². The zero-order valence-corrected chi connectivity index (χ0v) is 21.2. The Labute approximate surface area is 219 Å². The molecule has 2 amide bonds. The molecule has 0 radical (unpaired) electrons. The molecule has 0 unspecified atom stereocenters. The zero-order chi connectivity index (χ0) is 26.4. The molecule has 1 fully saturated rings. The van der Waals surface area contributed by atoms with Crippen molar-refractivity contribution >= 4 is 40.9 Å². The molecule has 1 aliphatic rings. The minimum absolute atomic E-state index is 0.134. The van der Waals surface area contributed by atoms with Crippen molar-refractivity contribution in [1.82, 2.24) is 0 Å². The monoisotopic (exact) mass is 511 g/mol. The molecule has 1 atom stereocenters. The number of hydrogen-bond acceptors (Lipinski definition) is 6. The van der Waals surface area contributed by atoms with Gasteiger partial charge in [0.15, 0.2) is 0 Å². The molecule has 186 valence electrons. The number of ether oxygens (including phenoxy) is 1. The summed E-state index contributed by atoms with van der Waals surface area (Å²) in [6.45, 7) is 3.90. The lowest BCUT2D eigenvalue weighted by atomic mass is 10.1. The van der Waals surface area contributed by atoms with Gasteiger partial charge in [0.05, 0.1) is 17.4 Å². The number of nitrogens with zero attached hydrogens (tertiary/aromatic N) is 2. The van der Waals surface area contributed by atoms with Crippen LogP contribution in [0.5, 0.6) is 0 Å². The number of amides is 2. The highest BCUT2D eigenvalue weighted by molar-refractivity contribution is 8.05. The maximum absolute atomic E-state index is 13.6. The summed E-state index contributed by atoms with van der Waals surface area (Å²) in [6, 6.07) is 25.2. The van der Waals surface area contributed by atoms with Crippen molar-refractivity contribution < 1.29 is 19.1 Å². The van der Waals surface area contributed by atoms with Crippen LogP contribution in [0.4, 0.5) is 11.4 Å². The molecule has 1 aliphatic heterocycles. The van der Waals surface area contributed by atoms with Crippen LogP contribution in [0.1, 0.15) is 28.4 Å². The first-order chi connectivity index (χ1) is 17.9. The molecule has 3 aromatic carbocycles. The van der Waals surface area contributed by atoms with Gasteiger partial charge >= 0.3 is 5.97 Å². The standard InChI is InChI=1S/C29H25N3O4S/c1-3-36-29(35)21-15-13-20(14-16-21)17-25-27(34)32(22-10-5-4-6-11-22)28(37-25)23(18-30)26(33)31-24-12-8-7-9-19(24)2/h4-16,25H,3,17H2,1-2H3,(H,31,33)/b28-23-/t25-/m1/s1. The number of carbonyl (C=O) groups excluding carboxylic acids is 3. The van der Waals surface area contributed by atoms with Crippen LogP contribution >= 0.6 is 11.8 Å². The first-order valence-corrected chi connectivity index (χ1v) is 12.6. The molecule has 7 nitrogen and oxygen atoms in total. The Kier molecular flexibility index (Phi) is 8.06. The van der Waals surface area contributed by atoms with Gasteiger partial charge in [-0.25, -0.2) is 4.79 Å². The summed E-state index contributed by atoms with van der Waals surface area (Å²) in [5.41, 5.74) is 3.17.